The van der Waals surface area contributed by atoms with Gasteiger partial charge in [-0.3, -0.25) is 0 Å². The highest BCUT2D eigenvalue weighted by Crippen LogP contribution is 2.24. The zero-order chi connectivity index (χ0) is 13.8. The fraction of sp³-hybridized carbons (Fsp3) is 0.600. The first-order chi connectivity index (χ1) is 8.37. The van der Waals surface area contributed by atoms with E-state index in [4.69, 9.17) is 9.47 Å². The van der Waals surface area contributed by atoms with Crippen molar-refractivity contribution in [2.24, 2.45) is 0 Å². The molecule has 3 nitrogen and oxygen atoms in total. The van der Waals surface area contributed by atoms with E-state index >= 15 is 0 Å². The van der Waals surface area contributed by atoms with Gasteiger partial charge in [-0.05, 0) is 52.4 Å². The lowest BCUT2D eigenvalue weighted by Gasteiger charge is -2.31. The molecular formula is C15H25NO2. The Hall–Kier alpha value is -1.06. The van der Waals surface area contributed by atoms with Crippen LogP contribution in [0.25, 0.3) is 0 Å². The second-order valence-electron chi connectivity index (χ2n) is 5.47. The van der Waals surface area contributed by atoms with Crippen LogP contribution in [0, 0.1) is 0 Å². The number of methoxy groups -OCH3 is 1. The van der Waals surface area contributed by atoms with Crippen LogP contribution in [0.2, 0.25) is 0 Å². The quantitative estimate of drug-likeness (QED) is 0.872. The van der Waals surface area contributed by atoms with Crippen LogP contribution in [-0.4, -0.2) is 25.9 Å². The van der Waals surface area contributed by atoms with Gasteiger partial charge in [0.2, 0.25) is 0 Å². The Balaban J connectivity index is 2.81. The fourth-order valence-electron chi connectivity index (χ4n) is 2.11. The summed E-state index contributed by atoms with van der Waals surface area (Å²) in [4.78, 5) is 0. The average molecular weight is 251 g/mol. The van der Waals surface area contributed by atoms with Gasteiger partial charge in [0.15, 0.2) is 0 Å². The first-order valence-electron chi connectivity index (χ1n) is 6.36. The Labute approximate surface area is 110 Å². The highest BCUT2D eigenvalue weighted by molar-refractivity contribution is 5.29. The molecule has 0 aromatic heterocycles. The van der Waals surface area contributed by atoms with Crippen LogP contribution in [0.5, 0.6) is 5.75 Å². The number of likely N-dealkylation sites (N-methyl/N-ethyl adjacent to an activating group) is 1. The van der Waals surface area contributed by atoms with E-state index in [1.165, 1.54) is 5.56 Å². The van der Waals surface area contributed by atoms with Gasteiger partial charge in [0.25, 0.3) is 0 Å². The molecule has 1 aromatic rings. The van der Waals surface area contributed by atoms with Crippen LogP contribution in [0.3, 0.4) is 0 Å². The summed E-state index contributed by atoms with van der Waals surface area (Å²) in [7, 11) is 3.63. The van der Waals surface area contributed by atoms with E-state index in [9.17, 15) is 0 Å². The predicted octanol–water partition coefficient (Wildman–Crippen LogP) is 3.16. The minimum Gasteiger partial charge on any atom is -0.497 e. The summed E-state index contributed by atoms with van der Waals surface area (Å²) in [5, 5.41) is 3.31. The number of nitrogens with one attached hydrogen (secondary N) is 1. The van der Waals surface area contributed by atoms with Crippen molar-refractivity contribution in [2.75, 3.05) is 14.2 Å². The molecule has 1 N–H and O–H groups in total. The van der Waals surface area contributed by atoms with Crippen LogP contribution >= 0.6 is 0 Å². The molecule has 0 heterocycles. The second kappa shape index (κ2) is 6.21. The van der Waals surface area contributed by atoms with Gasteiger partial charge in [-0.15, -0.1) is 0 Å². The molecule has 0 saturated carbocycles. The van der Waals surface area contributed by atoms with Gasteiger partial charge in [0.05, 0.1) is 24.9 Å². The largest absolute Gasteiger partial charge is 0.497 e. The van der Waals surface area contributed by atoms with Gasteiger partial charge in [-0.25, -0.2) is 0 Å². The van der Waals surface area contributed by atoms with Crippen molar-refractivity contribution < 1.29 is 9.47 Å². The third kappa shape index (κ3) is 4.31. The summed E-state index contributed by atoms with van der Waals surface area (Å²) in [6.07, 6.45) is 0.100. The maximum atomic E-state index is 6.01. The SMILES string of the molecule is CNC(c1ccc(OC)cc1)C(C)OC(C)(C)C. The maximum Gasteiger partial charge on any atom is 0.118 e. The molecular weight excluding hydrogens is 226 g/mol. The first kappa shape index (κ1) is 15.0. The third-order valence-electron chi connectivity index (χ3n) is 2.79. The van der Waals surface area contributed by atoms with Gasteiger partial charge < -0.3 is 14.8 Å². The van der Waals surface area contributed by atoms with E-state index in [1.54, 1.807) is 7.11 Å². The molecule has 0 aliphatic heterocycles. The van der Waals surface area contributed by atoms with Crippen molar-refractivity contribution >= 4 is 0 Å². The Morgan fingerprint density at radius 2 is 1.67 bits per heavy atom. The van der Waals surface area contributed by atoms with E-state index < -0.39 is 0 Å². The second-order valence-corrected chi connectivity index (χ2v) is 5.47. The lowest BCUT2D eigenvalue weighted by atomic mass is 10.0. The molecule has 0 radical (unpaired) electrons. The summed E-state index contributed by atoms with van der Waals surface area (Å²) in [6.45, 7) is 8.31. The number of hydrogen-bond donors (Lipinski definition) is 1. The molecule has 0 bridgehead atoms. The maximum absolute atomic E-state index is 6.01. The predicted molar refractivity (Wildman–Crippen MR) is 75.1 cm³/mol. The minimum atomic E-state index is -0.138. The topological polar surface area (TPSA) is 30.5 Å². The van der Waals surface area contributed by atoms with E-state index in [2.05, 4.69) is 45.1 Å². The first-order valence-corrected chi connectivity index (χ1v) is 6.36. The van der Waals surface area contributed by atoms with E-state index in [0.717, 1.165) is 5.75 Å². The van der Waals surface area contributed by atoms with Crippen molar-refractivity contribution in [1.29, 1.82) is 0 Å². The van der Waals surface area contributed by atoms with Crippen LogP contribution in [-0.2, 0) is 4.74 Å². The summed E-state index contributed by atoms with van der Waals surface area (Å²) in [6, 6.07) is 8.27. The Bertz CT molecular complexity index is 354. The number of benzene rings is 1. The van der Waals surface area contributed by atoms with Gasteiger partial charge in [0, 0.05) is 0 Å². The van der Waals surface area contributed by atoms with Crippen molar-refractivity contribution in [1.82, 2.24) is 5.32 Å². The molecule has 0 saturated heterocycles. The highest BCUT2D eigenvalue weighted by Gasteiger charge is 2.23. The summed E-state index contributed by atoms with van der Waals surface area (Å²) >= 11 is 0. The molecule has 2 unspecified atom stereocenters. The van der Waals surface area contributed by atoms with Crippen LogP contribution in [0.1, 0.15) is 39.3 Å². The van der Waals surface area contributed by atoms with E-state index in [0.29, 0.717) is 0 Å². The number of hydrogen-bond acceptors (Lipinski definition) is 3. The summed E-state index contributed by atoms with van der Waals surface area (Å²) in [5.74, 6) is 0.873. The van der Waals surface area contributed by atoms with E-state index in [-0.39, 0.29) is 17.7 Å². The van der Waals surface area contributed by atoms with Crippen molar-refractivity contribution in [2.45, 2.75) is 45.4 Å². The van der Waals surface area contributed by atoms with Gasteiger partial charge in [-0.1, -0.05) is 12.1 Å². The zero-order valence-corrected chi connectivity index (χ0v) is 12.3. The zero-order valence-electron chi connectivity index (χ0n) is 12.3. The van der Waals surface area contributed by atoms with E-state index in [1.807, 2.05) is 19.2 Å². The standard InChI is InChI=1S/C15H25NO2/c1-11(18-15(2,3)4)14(16-5)12-7-9-13(17-6)10-8-12/h7-11,14,16H,1-6H3. The lowest BCUT2D eigenvalue weighted by molar-refractivity contribution is -0.0660. The smallest absolute Gasteiger partial charge is 0.118 e. The van der Waals surface area contributed by atoms with Gasteiger partial charge >= 0.3 is 0 Å². The lowest BCUT2D eigenvalue weighted by Crippen LogP contribution is -2.35. The molecule has 0 aliphatic rings. The number of ether oxygens (including phenoxy) is 2. The summed E-state index contributed by atoms with van der Waals surface area (Å²) in [5.41, 5.74) is 1.07. The van der Waals surface area contributed by atoms with Crippen molar-refractivity contribution in [3.63, 3.8) is 0 Å². The third-order valence-corrected chi connectivity index (χ3v) is 2.79. The van der Waals surface area contributed by atoms with Crippen molar-refractivity contribution in [3.05, 3.63) is 29.8 Å². The fourth-order valence-corrected chi connectivity index (χ4v) is 2.11. The van der Waals surface area contributed by atoms with Gasteiger partial charge in [-0.2, -0.15) is 0 Å². The Kier molecular flexibility index (Phi) is 5.17. The molecule has 3 heteroatoms. The molecule has 0 fully saturated rings. The monoisotopic (exact) mass is 251 g/mol. The molecule has 0 aliphatic carbocycles. The van der Waals surface area contributed by atoms with Crippen LogP contribution < -0.4 is 10.1 Å². The molecule has 0 spiro atoms. The average Bonchev–Trinajstić information content (AvgIpc) is 2.28. The van der Waals surface area contributed by atoms with Gasteiger partial charge in [0.1, 0.15) is 5.75 Å². The molecule has 18 heavy (non-hydrogen) atoms. The molecule has 1 rings (SSSR count). The molecule has 0 amide bonds. The van der Waals surface area contributed by atoms with Crippen LogP contribution in [0.15, 0.2) is 24.3 Å². The Morgan fingerprint density at radius 1 is 1.11 bits per heavy atom. The normalized spacial score (nSPS) is 15.2. The molecule has 2 atom stereocenters. The highest BCUT2D eigenvalue weighted by atomic mass is 16.5. The van der Waals surface area contributed by atoms with Crippen molar-refractivity contribution in [3.8, 4) is 5.75 Å². The molecule has 1 aromatic carbocycles. The Morgan fingerprint density at radius 3 is 2.06 bits per heavy atom. The molecule has 102 valence electrons. The van der Waals surface area contributed by atoms with Crippen LogP contribution in [0.4, 0.5) is 0 Å². The number of rotatable bonds is 5. The summed E-state index contributed by atoms with van der Waals surface area (Å²) < 4.78 is 11.2. The minimum absolute atomic E-state index is 0.100.